The Hall–Kier alpha value is -4.16. The molecule has 0 aromatic heterocycles. The second-order valence-corrected chi connectivity index (χ2v) is 7.63. The van der Waals surface area contributed by atoms with Gasteiger partial charge in [-0.3, -0.25) is 4.79 Å². The Kier molecular flexibility index (Phi) is 7.20. The summed E-state index contributed by atoms with van der Waals surface area (Å²) >= 11 is 6.14. The van der Waals surface area contributed by atoms with E-state index in [2.05, 4.69) is 10.5 Å². The number of esters is 1. The highest BCUT2D eigenvalue weighted by Gasteiger charge is 2.16. The molecule has 4 rings (SSSR count). The molecule has 4 aromatic carbocycles. The van der Waals surface area contributed by atoms with Crippen LogP contribution in [0.5, 0.6) is 11.5 Å². The Balaban J connectivity index is 1.59. The highest BCUT2D eigenvalue weighted by molar-refractivity contribution is 6.33. The van der Waals surface area contributed by atoms with Crippen molar-refractivity contribution in [3.63, 3.8) is 0 Å². The molecule has 0 aliphatic carbocycles. The first-order chi connectivity index (χ1) is 16.6. The van der Waals surface area contributed by atoms with Crippen LogP contribution in [-0.2, 0) is 0 Å². The van der Waals surface area contributed by atoms with Gasteiger partial charge < -0.3 is 9.47 Å². The van der Waals surface area contributed by atoms with Crippen LogP contribution in [0.1, 0.15) is 33.2 Å². The number of nitrogens with zero attached hydrogens (tertiary/aromatic N) is 1. The molecule has 170 valence electrons. The number of hydrogen-bond donors (Lipinski definition) is 1. The van der Waals surface area contributed by atoms with Crippen molar-refractivity contribution >= 4 is 40.5 Å². The van der Waals surface area contributed by atoms with Gasteiger partial charge in [0.1, 0.15) is 11.5 Å². The molecule has 0 spiro atoms. The molecular weight excluding hydrogens is 452 g/mol. The summed E-state index contributed by atoms with van der Waals surface area (Å²) in [6.07, 6.45) is 1.46. The highest BCUT2D eigenvalue weighted by atomic mass is 35.5. The monoisotopic (exact) mass is 472 g/mol. The van der Waals surface area contributed by atoms with Gasteiger partial charge in [0, 0.05) is 11.1 Å². The summed E-state index contributed by atoms with van der Waals surface area (Å²) in [5.41, 5.74) is 3.75. The van der Waals surface area contributed by atoms with Crippen LogP contribution in [0.4, 0.5) is 0 Å². The fourth-order valence-corrected chi connectivity index (χ4v) is 3.58. The molecule has 0 heterocycles. The van der Waals surface area contributed by atoms with Gasteiger partial charge in [-0.2, -0.15) is 5.10 Å². The smallest absolute Gasteiger partial charge is 0.345 e. The molecule has 7 heteroatoms. The minimum atomic E-state index is -0.589. The summed E-state index contributed by atoms with van der Waals surface area (Å²) in [6, 6.07) is 24.6. The molecule has 0 radical (unpaired) electrons. The molecule has 0 aliphatic rings. The average molecular weight is 473 g/mol. The largest absolute Gasteiger partial charge is 0.494 e. The first-order valence-electron chi connectivity index (χ1n) is 10.6. The maximum absolute atomic E-state index is 12.7. The van der Waals surface area contributed by atoms with Crippen LogP contribution in [0.15, 0.2) is 90.0 Å². The van der Waals surface area contributed by atoms with Gasteiger partial charge in [-0.15, -0.1) is 0 Å². The molecule has 0 unspecified atom stereocenters. The Morgan fingerprint density at radius 3 is 2.44 bits per heavy atom. The Morgan fingerprint density at radius 1 is 0.941 bits per heavy atom. The number of halogens is 1. The van der Waals surface area contributed by atoms with Crippen LogP contribution in [-0.4, -0.2) is 24.7 Å². The van der Waals surface area contributed by atoms with E-state index in [1.54, 1.807) is 54.6 Å². The van der Waals surface area contributed by atoms with Gasteiger partial charge >= 0.3 is 5.97 Å². The molecule has 0 saturated carbocycles. The normalized spacial score (nSPS) is 10.9. The minimum absolute atomic E-state index is 0.254. The van der Waals surface area contributed by atoms with Crippen LogP contribution >= 0.6 is 11.6 Å². The minimum Gasteiger partial charge on any atom is -0.494 e. The van der Waals surface area contributed by atoms with Crippen molar-refractivity contribution < 1.29 is 19.1 Å². The van der Waals surface area contributed by atoms with E-state index in [1.807, 2.05) is 37.3 Å². The number of fused-ring (bicyclic) bond motifs is 1. The molecule has 0 saturated heterocycles. The van der Waals surface area contributed by atoms with Gasteiger partial charge in [0.25, 0.3) is 5.91 Å². The number of carbonyl (C=O) groups excluding carboxylic acids is 2. The predicted molar refractivity (Wildman–Crippen MR) is 133 cm³/mol. The second kappa shape index (κ2) is 10.6. The van der Waals surface area contributed by atoms with E-state index in [-0.39, 0.29) is 11.5 Å². The van der Waals surface area contributed by atoms with Crippen molar-refractivity contribution in [3.8, 4) is 11.5 Å². The molecule has 4 aromatic rings. The maximum atomic E-state index is 12.7. The number of nitrogens with one attached hydrogen (secondary N) is 1. The summed E-state index contributed by atoms with van der Waals surface area (Å²) in [4.78, 5) is 25.2. The van der Waals surface area contributed by atoms with Crippen molar-refractivity contribution in [3.05, 3.63) is 107 Å². The lowest BCUT2D eigenvalue weighted by Gasteiger charge is -2.11. The summed E-state index contributed by atoms with van der Waals surface area (Å²) in [5, 5.41) is 6.15. The number of amides is 1. The van der Waals surface area contributed by atoms with Crippen LogP contribution in [0.25, 0.3) is 10.8 Å². The van der Waals surface area contributed by atoms with E-state index in [9.17, 15) is 9.59 Å². The van der Waals surface area contributed by atoms with E-state index < -0.39 is 5.97 Å². The number of carbonyl (C=O) groups is 2. The quantitative estimate of drug-likeness (QED) is 0.158. The number of ether oxygens (including phenoxy) is 2. The lowest BCUT2D eigenvalue weighted by Crippen LogP contribution is -2.17. The summed E-state index contributed by atoms with van der Waals surface area (Å²) < 4.78 is 11.1. The summed E-state index contributed by atoms with van der Waals surface area (Å²) in [5.74, 6) is 0.00840. The lowest BCUT2D eigenvalue weighted by molar-refractivity contribution is 0.0734. The molecule has 0 atom stereocenters. The first-order valence-corrected chi connectivity index (χ1v) is 11.0. The van der Waals surface area contributed by atoms with Crippen LogP contribution in [0.3, 0.4) is 0 Å². The Morgan fingerprint density at radius 2 is 1.68 bits per heavy atom. The van der Waals surface area contributed by atoms with Crippen LogP contribution < -0.4 is 14.9 Å². The molecular formula is C27H21ClN2O4. The third-order valence-electron chi connectivity index (χ3n) is 5.01. The van der Waals surface area contributed by atoms with E-state index in [0.29, 0.717) is 34.3 Å². The molecule has 1 N–H and O–H groups in total. The van der Waals surface area contributed by atoms with Gasteiger partial charge in [-0.1, -0.05) is 54.1 Å². The van der Waals surface area contributed by atoms with E-state index >= 15 is 0 Å². The third kappa shape index (κ3) is 5.24. The molecule has 34 heavy (non-hydrogen) atoms. The number of hydrazone groups is 1. The zero-order valence-electron chi connectivity index (χ0n) is 18.3. The van der Waals surface area contributed by atoms with Gasteiger partial charge in [-0.05, 0) is 60.2 Å². The molecule has 0 aliphatic heterocycles. The SMILES string of the molecule is CCOc1ccc(C(=O)NN=Cc2c(OC(=O)c3ccccc3Cl)ccc3ccccc23)cc1. The lowest BCUT2D eigenvalue weighted by atomic mass is 10.0. The van der Waals surface area contributed by atoms with Gasteiger partial charge in [0.2, 0.25) is 0 Å². The van der Waals surface area contributed by atoms with Crippen molar-refractivity contribution in [2.24, 2.45) is 5.10 Å². The molecule has 0 fully saturated rings. The van der Waals surface area contributed by atoms with Crippen molar-refractivity contribution in [2.75, 3.05) is 6.61 Å². The number of hydrogen-bond acceptors (Lipinski definition) is 5. The Bertz CT molecular complexity index is 1370. The maximum Gasteiger partial charge on any atom is 0.345 e. The average Bonchev–Trinajstić information content (AvgIpc) is 2.86. The van der Waals surface area contributed by atoms with Gasteiger partial charge in [-0.25, -0.2) is 10.2 Å². The fraction of sp³-hybridized carbons (Fsp3) is 0.0741. The zero-order chi connectivity index (χ0) is 23.9. The number of benzene rings is 4. The number of rotatable bonds is 7. The fourth-order valence-electron chi connectivity index (χ4n) is 3.37. The van der Waals surface area contributed by atoms with E-state index in [1.165, 1.54) is 6.21 Å². The topological polar surface area (TPSA) is 77.0 Å². The molecule has 6 nitrogen and oxygen atoms in total. The van der Waals surface area contributed by atoms with Crippen LogP contribution in [0, 0.1) is 0 Å². The van der Waals surface area contributed by atoms with Crippen molar-refractivity contribution in [1.82, 2.24) is 5.43 Å². The van der Waals surface area contributed by atoms with Crippen LogP contribution in [0.2, 0.25) is 5.02 Å². The summed E-state index contributed by atoms with van der Waals surface area (Å²) in [6.45, 7) is 2.44. The third-order valence-corrected chi connectivity index (χ3v) is 5.34. The van der Waals surface area contributed by atoms with Gasteiger partial charge in [0.05, 0.1) is 23.4 Å². The Labute approximate surface area is 201 Å². The standard InChI is InChI=1S/C27H21ClN2O4/c1-2-33-20-14-11-19(12-15-20)26(31)30-29-17-23-21-8-4-3-7-18(21)13-16-25(23)34-27(32)22-9-5-6-10-24(22)28/h3-17H,2H2,1H3,(H,30,31). The van der Waals surface area contributed by atoms with E-state index in [0.717, 1.165) is 10.8 Å². The van der Waals surface area contributed by atoms with Crippen molar-refractivity contribution in [1.29, 1.82) is 0 Å². The molecule has 0 bridgehead atoms. The summed E-state index contributed by atoms with van der Waals surface area (Å²) in [7, 11) is 0. The van der Waals surface area contributed by atoms with Gasteiger partial charge in [0.15, 0.2) is 0 Å². The second-order valence-electron chi connectivity index (χ2n) is 7.22. The molecule has 1 amide bonds. The first kappa shape index (κ1) is 23.0. The van der Waals surface area contributed by atoms with Crippen molar-refractivity contribution in [2.45, 2.75) is 6.92 Å². The predicted octanol–water partition coefficient (Wildman–Crippen LogP) is 5.88. The van der Waals surface area contributed by atoms with E-state index in [4.69, 9.17) is 21.1 Å². The highest BCUT2D eigenvalue weighted by Crippen LogP contribution is 2.28. The zero-order valence-corrected chi connectivity index (χ0v) is 19.1.